The molecule has 0 bridgehead atoms. The zero-order chi connectivity index (χ0) is 31.9. The van der Waals surface area contributed by atoms with Crippen LogP contribution in [0.3, 0.4) is 0 Å². The van der Waals surface area contributed by atoms with E-state index in [-0.39, 0.29) is 69.8 Å². The van der Waals surface area contributed by atoms with Gasteiger partial charge in [-0.2, -0.15) is 0 Å². The van der Waals surface area contributed by atoms with Crippen molar-refractivity contribution in [1.29, 1.82) is 0 Å². The second-order valence-electron chi connectivity index (χ2n) is 10.3. The van der Waals surface area contributed by atoms with Crippen molar-refractivity contribution in [3.8, 4) is 0 Å². The first-order valence-corrected chi connectivity index (χ1v) is 15.7. The second kappa shape index (κ2) is 38.4. The van der Waals surface area contributed by atoms with Crippen molar-refractivity contribution in [2.75, 3.05) is 0 Å². The minimum atomic E-state index is -0.361. The van der Waals surface area contributed by atoms with Gasteiger partial charge in [-0.1, -0.05) is 107 Å². The molecule has 0 saturated heterocycles. The standard InChI is InChI=1S/4C8H17O2.Ti/c4*1-3-5-8(10)7(4-2)6-9;/h4*6-10H,3-5H2,1-2H3;/q4*-1;+4. The van der Waals surface area contributed by atoms with Crippen LogP contribution in [0.5, 0.6) is 0 Å². The summed E-state index contributed by atoms with van der Waals surface area (Å²) in [5.41, 5.74) is 0. The molecule has 8 N–H and O–H groups in total. The monoisotopic (exact) mass is 628 g/mol. The van der Waals surface area contributed by atoms with Crippen LogP contribution < -0.4 is 0 Å². The quantitative estimate of drug-likeness (QED) is 0.0538. The van der Waals surface area contributed by atoms with Crippen molar-refractivity contribution in [3.05, 3.63) is 26.4 Å². The number of rotatable bonds is 20. The zero-order valence-corrected chi connectivity index (χ0v) is 29.1. The molecule has 0 fully saturated rings. The first-order valence-electron chi connectivity index (χ1n) is 15.7. The molecule has 0 radical (unpaired) electrons. The first-order chi connectivity index (χ1) is 19.0. The van der Waals surface area contributed by atoms with Gasteiger partial charge in [-0.3, -0.25) is 0 Å². The fourth-order valence-electron chi connectivity index (χ4n) is 3.95. The molecule has 0 aromatic rings. The number of hydrogen-bond donors (Lipinski definition) is 8. The predicted octanol–water partition coefficient (Wildman–Crippen LogP) is 6.83. The molecule has 248 valence electrons. The van der Waals surface area contributed by atoms with E-state index in [1.165, 1.54) is 0 Å². The number of hydrogen-bond acceptors (Lipinski definition) is 8. The maximum absolute atomic E-state index is 9.32. The molecule has 0 aromatic heterocycles. The van der Waals surface area contributed by atoms with Crippen LogP contribution in [-0.2, 0) is 21.7 Å². The van der Waals surface area contributed by atoms with Gasteiger partial charge in [0.2, 0.25) is 0 Å². The third kappa shape index (κ3) is 30.2. The van der Waals surface area contributed by atoms with E-state index in [2.05, 4.69) is 0 Å². The molecular weight excluding hydrogens is 560 g/mol. The number of aliphatic hydroxyl groups excluding tert-OH is 8. The van der Waals surface area contributed by atoms with Crippen LogP contribution in [0.2, 0.25) is 0 Å². The van der Waals surface area contributed by atoms with Gasteiger partial charge in [0.25, 0.3) is 0 Å². The van der Waals surface area contributed by atoms with Crippen LogP contribution in [0.25, 0.3) is 0 Å². The molecule has 8 nitrogen and oxygen atoms in total. The summed E-state index contributed by atoms with van der Waals surface area (Å²) in [6, 6.07) is 0. The van der Waals surface area contributed by atoms with Crippen molar-refractivity contribution in [1.82, 2.24) is 0 Å². The van der Waals surface area contributed by atoms with Crippen LogP contribution >= 0.6 is 0 Å². The summed E-state index contributed by atoms with van der Waals surface area (Å²) in [5, 5.41) is 71.8. The van der Waals surface area contributed by atoms with Crippen molar-refractivity contribution in [2.24, 2.45) is 23.7 Å². The van der Waals surface area contributed by atoms with Crippen LogP contribution in [0.4, 0.5) is 0 Å². The third-order valence-corrected chi connectivity index (χ3v) is 6.97. The molecule has 0 aliphatic rings. The van der Waals surface area contributed by atoms with Gasteiger partial charge in [0.05, 0.1) is 0 Å². The van der Waals surface area contributed by atoms with E-state index in [4.69, 9.17) is 20.4 Å². The van der Waals surface area contributed by atoms with Gasteiger partial charge >= 0.3 is 21.7 Å². The van der Waals surface area contributed by atoms with E-state index in [0.29, 0.717) is 0 Å². The molecule has 0 aliphatic carbocycles. The van der Waals surface area contributed by atoms with E-state index >= 15 is 0 Å². The van der Waals surface area contributed by atoms with Crippen molar-refractivity contribution in [3.63, 3.8) is 0 Å². The van der Waals surface area contributed by atoms with E-state index in [9.17, 15) is 20.4 Å². The molecular formula is C32H68O8Ti. The van der Waals surface area contributed by atoms with E-state index < -0.39 is 0 Å². The van der Waals surface area contributed by atoms with Gasteiger partial charge in [0.1, 0.15) is 0 Å². The van der Waals surface area contributed by atoms with Gasteiger partial charge in [0, 0.05) is 24.4 Å². The molecule has 8 atom stereocenters. The fourth-order valence-corrected chi connectivity index (χ4v) is 3.95. The molecule has 0 aliphatic heterocycles. The smallest absolute Gasteiger partial charge is 0.566 e. The third-order valence-electron chi connectivity index (χ3n) is 6.97. The summed E-state index contributed by atoms with van der Waals surface area (Å²) in [7, 11) is 0. The Balaban J connectivity index is -0.000000139. The van der Waals surface area contributed by atoms with Gasteiger partial charge in [-0.25, -0.2) is 26.4 Å². The molecule has 8 unspecified atom stereocenters. The van der Waals surface area contributed by atoms with E-state index in [1.54, 1.807) is 0 Å². The molecule has 0 rings (SSSR count). The van der Waals surface area contributed by atoms with Crippen LogP contribution in [0.1, 0.15) is 132 Å². The zero-order valence-electron chi connectivity index (χ0n) is 27.5. The SMILES string of the molecule is CCCC(O)C([CH-]O)CC.CCCC(O)C([CH-]O)CC.CCCC(O)C([CH-]O)CC.CCCC(O)C([CH-]O)CC.[Ti+4]. The summed E-state index contributed by atoms with van der Waals surface area (Å²) < 4.78 is 0. The summed E-state index contributed by atoms with van der Waals surface area (Å²) in [4.78, 5) is 0. The Hall–Kier alpha value is 0.394. The van der Waals surface area contributed by atoms with Crippen molar-refractivity contribution < 1.29 is 62.6 Å². The Morgan fingerprint density at radius 2 is 0.512 bits per heavy atom. The largest absolute Gasteiger partial charge is 4.00 e. The molecule has 0 spiro atoms. The molecule has 0 aromatic carbocycles. The van der Waals surface area contributed by atoms with Crippen LogP contribution in [0, 0.1) is 50.1 Å². The van der Waals surface area contributed by atoms with Gasteiger partial charge in [-0.15, -0.1) is 23.7 Å². The summed E-state index contributed by atoms with van der Waals surface area (Å²) >= 11 is 0. The van der Waals surface area contributed by atoms with Crippen molar-refractivity contribution >= 4 is 0 Å². The normalized spacial score (nSPS) is 16.4. The second-order valence-corrected chi connectivity index (χ2v) is 10.3. The maximum Gasteiger partial charge on any atom is 4.00 e. The minimum Gasteiger partial charge on any atom is -0.566 e. The summed E-state index contributed by atoms with van der Waals surface area (Å²) in [6.45, 7) is 20.3. The Kier molecular flexibility index (Phi) is 47.8. The van der Waals surface area contributed by atoms with Gasteiger partial charge in [0.15, 0.2) is 0 Å². The summed E-state index contributed by atoms with van der Waals surface area (Å²) in [6.07, 6.45) is 8.72. The van der Waals surface area contributed by atoms with Crippen molar-refractivity contribution in [2.45, 2.75) is 157 Å². The minimum absolute atomic E-state index is 0. The first kappa shape index (κ1) is 51.0. The average Bonchev–Trinajstić information content (AvgIpc) is 2.93. The molecule has 0 heterocycles. The van der Waals surface area contributed by atoms with Crippen LogP contribution in [-0.4, -0.2) is 65.3 Å². The van der Waals surface area contributed by atoms with Gasteiger partial charge in [-0.05, 0) is 25.7 Å². The molecule has 41 heavy (non-hydrogen) atoms. The Morgan fingerprint density at radius 1 is 0.366 bits per heavy atom. The topological polar surface area (TPSA) is 162 Å². The Morgan fingerprint density at radius 3 is 0.585 bits per heavy atom. The molecule has 0 amide bonds. The predicted molar refractivity (Wildman–Crippen MR) is 164 cm³/mol. The van der Waals surface area contributed by atoms with E-state index in [1.807, 2.05) is 55.4 Å². The van der Waals surface area contributed by atoms with Gasteiger partial charge < -0.3 is 40.9 Å². The molecule has 0 saturated carbocycles. The summed E-state index contributed by atoms with van der Waals surface area (Å²) in [5.74, 6) is -0.167. The van der Waals surface area contributed by atoms with Crippen LogP contribution in [0.15, 0.2) is 0 Å². The Labute approximate surface area is 268 Å². The number of aliphatic hydroxyl groups is 8. The molecule has 9 heteroatoms. The average molecular weight is 629 g/mol. The van der Waals surface area contributed by atoms with E-state index in [0.717, 1.165) is 103 Å². The maximum atomic E-state index is 9.32. The fraction of sp³-hybridized carbons (Fsp3) is 0.875. The Bertz CT molecular complexity index is 365.